The van der Waals surface area contributed by atoms with Gasteiger partial charge in [-0.05, 0) is 86.6 Å². The van der Waals surface area contributed by atoms with Gasteiger partial charge in [0.2, 0.25) is 0 Å². The summed E-state index contributed by atoms with van der Waals surface area (Å²) in [7, 11) is 0. The summed E-state index contributed by atoms with van der Waals surface area (Å²) in [5, 5.41) is 13.6. The largest absolute Gasteiger partial charge is 0.490 e. The van der Waals surface area contributed by atoms with Crippen molar-refractivity contribution < 1.29 is 32.6 Å². The Morgan fingerprint density at radius 2 is 1.64 bits per heavy atom. The van der Waals surface area contributed by atoms with Crippen LogP contribution in [0.5, 0.6) is 0 Å². The average Bonchev–Trinajstić information content (AvgIpc) is 3.01. The molecule has 1 amide bonds. The van der Waals surface area contributed by atoms with E-state index < -0.39 is 12.1 Å². The van der Waals surface area contributed by atoms with Crippen LogP contribution < -0.4 is 21.1 Å². The van der Waals surface area contributed by atoms with Gasteiger partial charge in [-0.1, -0.05) is 38.1 Å². The number of amides is 1. The van der Waals surface area contributed by atoms with Crippen molar-refractivity contribution in [3.8, 4) is 11.1 Å². The molecule has 47 heavy (non-hydrogen) atoms. The SMILES string of the molecule is CCN(c1cc(-c2ccc(CNC(C)C)cc2)cc(C(=O)NCc2c(C)cc(C)[nH]c2=O)c1C)C1CCOCC1.O=C(O)C(F)(F)F. The summed E-state index contributed by atoms with van der Waals surface area (Å²) in [5.41, 5.74) is 8.04. The first kappa shape index (κ1) is 37.3. The normalized spacial score (nSPS) is 13.6. The van der Waals surface area contributed by atoms with Crippen LogP contribution in [-0.2, 0) is 22.6 Å². The van der Waals surface area contributed by atoms with Crippen LogP contribution in [0.2, 0.25) is 0 Å². The third-order valence-electron chi connectivity index (χ3n) is 8.07. The highest BCUT2D eigenvalue weighted by Gasteiger charge is 2.38. The van der Waals surface area contributed by atoms with Gasteiger partial charge >= 0.3 is 12.1 Å². The van der Waals surface area contributed by atoms with Gasteiger partial charge in [0.05, 0.1) is 0 Å². The standard InChI is InChI=1S/C33H44N4O3.C2HF3O2/c1-7-37(28-12-14-40-15-13-28)31-18-27(26-10-8-25(9-11-26)19-34-21(2)3)17-29(24(31)6)32(38)35-20-30-22(4)16-23(5)36-33(30)39;3-2(4,5)1(6)7/h8-11,16-18,21,28,34H,7,12-15,19-20H2,1-6H3,(H,35,38)(H,36,39);(H,6,7). The van der Waals surface area contributed by atoms with Crippen LogP contribution in [0, 0.1) is 20.8 Å². The molecule has 0 atom stereocenters. The molecule has 0 spiro atoms. The number of ether oxygens (including phenoxy) is 1. The van der Waals surface area contributed by atoms with Gasteiger partial charge in [-0.15, -0.1) is 0 Å². The maximum absolute atomic E-state index is 13.7. The summed E-state index contributed by atoms with van der Waals surface area (Å²) in [5.74, 6) is -2.94. The lowest BCUT2D eigenvalue weighted by Crippen LogP contribution is -2.40. The number of aliphatic carboxylic acids is 1. The third-order valence-corrected chi connectivity index (χ3v) is 8.07. The molecule has 1 aromatic heterocycles. The Morgan fingerprint density at radius 3 is 2.17 bits per heavy atom. The number of pyridine rings is 1. The van der Waals surface area contributed by atoms with E-state index in [0.717, 1.165) is 72.8 Å². The summed E-state index contributed by atoms with van der Waals surface area (Å²) >= 11 is 0. The van der Waals surface area contributed by atoms with Gasteiger partial charge in [0.25, 0.3) is 11.5 Å². The smallest absolute Gasteiger partial charge is 0.475 e. The Morgan fingerprint density at radius 1 is 1.02 bits per heavy atom. The Bertz CT molecular complexity index is 1580. The van der Waals surface area contributed by atoms with Crippen molar-refractivity contribution in [3.63, 3.8) is 0 Å². The van der Waals surface area contributed by atoms with E-state index in [1.165, 1.54) is 5.56 Å². The number of benzene rings is 2. The van der Waals surface area contributed by atoms with Crippen molar-refractivity contribution in [2.24, 2.45) is 0 Å². The van der Waals surface area contributed by atoms with Crippen LogP contribution in [0.1, 0.15) is 71.9 Å². The van der Waals surface area contributed by atoms with E-state index in [1.54, 1.807) is 0 Å². The number of hydrogen-bond donors (Lipinski definition) is 4. The highest BCUT2D eigenvalue weighted by molar-refractivity contribution is 5.99. The molecule has 4 N–H and O–H groups in total. The molecule has 0 unspecified atom stereocenters. The molecule has 256 valence electrons. The average molecular weight is 659 g/mol. The van der Waals surface area contributed by atoms with Gasteiger partial charge in [-0.25, -0.2) is 4.79 Å². The number of nitrogens with zero attached hydrogens (tertiary/aromatic N) is 1. The second-order valence-electron chi connectivity index (χ2n) is 12.0. The topological polar surface area (TPSA) is 124 Å². The molecular formula is C35H45F3N4O5. The van der Waals surface area contributed by atoms with E-state index in [-0.39, 0.29) is 18.0 Å². The van der Waals surface area contributed by atoms with Crippen molar-refractivity contribution in [2.75, 3.05) is 24.7 Å². The van der Waals surface area contributed by atoms with Crippen molar-refractivity contribution in [1.82, 2.24) is 15.6 Å². The fraction of sp³-hybridized carbons (Fsp3) is 0.457. The molecule has 3 aromatic rings. The maximum Gasteiger partial charge on any atom is 0.490 e. The minimum atomic E-state index is -5.08. The number of H-pyrrole nitrogens is 1. The highest BCUT2D eigenvalue weighted by atomic mass is 19.4. The van der Waals surface area contributed by atoms with Crippen LogP contribution in [0.4, 0.5) is 18.9 Å². The van der Waals surface area contributed by atoms with Gasteiger partial charge in [-0.2, -0.15) is 13.2 Å². The predicted octanol–water partition coefficient (Wildman–Crippen LogP) is 6.03. The molecule has 1 aliphatic heterocycles. The van der Waals surface area contributed by atoms with Gasteiger partial charge in [0, 0.05) is 67.4 Å². The molecule has 2 aromatic carbocycles. The Hall–Kier alpha value is -4.16. The number of carbonyl (C=O) groups is 2. The number of halogens is 3. The molecular weight excluding hydrogens is 613 g/mol. The number of aryl methyl sites for hydroxylation is 2. The minimum Gasteiger partial charge on any atom is -0.475 e. The predicted molar refractivity (Wildman–Crippen MR) is 177 cm³/mol. The Balaban J connectivity index is 0.000000771. The molecule has 1 aliphatic rings. The van der Waals surface area contributed by atoms with Gasteiger partial charge in [0.1, 0.15) is 0 Å². The number of rotatable bonds is 10. The Kier molecular flexibility index (Phi) is 13.2. The molecule has 0 saturated carbocycles. The molecule has 2 heterocycles. The molecule has 4 rings (SSSR count). The summed E-state index contributed by atoms with van der Waals surface area (Å²) in [4.78, 5) is 40.4. The first-order chi connectivity index (χ1) is 22.1. The van der Waals surface area contributed by atoms with E-state index in [0.29, 0.717) is 23.2 Å². The second-order valence-corrected chi connectivity index (χ2v) is 12.0. The first-order valence-corrected chi connectivity index (χ1v) is 15.7. The molecule has 1 fully saturated rings. The van der Waals surface area contributed by atoms with Crippen molar-refractivity contribution in [1.29, 1.82) is 0 Å². The van der Waals surface area contributed by atoms with Crippen LogP contribution in [0.15, 0.2) is 47.3 Å². The second kappa shape index (κ2) is 16.6. The summed E-state index contributed by atoms with van der Waals surface area (Å²) in [6, 6.07) is 15.5. The quantitative estimate of drug-likeness (QED) is 0.210. The monoisotopic (exact) mass is 658 g/mol. The third kappa shape index (κ3) is 10.4. The number of nitrogens with one attached hydrogen (secondary N) is 3. The number of aromatic nitrogens is 1. The zero-order chi connectivity index (χ0) is 34.9. The van der Waals surface area contributed by atoms with Crippen molar-refractivity contribution in [2.45, 2.75) is 85.7 Å². The number of aromatic amines is 1. The zero-order valence-electron chi connectivity index (χ0n) is 27.8. The number of hydrogen-bond acceptors (Lipinski definition) is 6. The zero-order valence-corrected chi connectivity index (χ0v) is 27.8. The fourth-order valence-electron chi connectivity index (χ4n) is 5.52. The van der Waals surface area contributed by atoms with Crippen molar-refractivity contribution >= 4 is 17.6 Å². The lowest BCUT2D eigenvalue weighted by Gasteiger charge is -2.37. The van der Waals surface area contributed by atoms with Crippen LogP contribution in [0.3, 0.4) is 0 Å². The summed E-state index contributed by atoms with van der Waals surface area (Å²) in [6.07, 6.45) is -3.15. The van der Waals surface area contributed by atoms with E-state index >= 15 is 0 Å². The maximum atomic E-state index is 13.7. The van der Waals surface area contributed by atoms with Gasteiger partial charge < -0.3 is 30.4 Å². The van der Waals surface area contributed by atoms with Crippen LogP contribution in [0.25, 0.3) is 11.1 Å². The number of carboxylic acid groups (broad SMARTS) is 1. The summed E-state index contributed by atoms with van der Waals surface area (Å²) in [6.45, 7) is 15.6. The summed E-state index contributed by atoms with van der Waals surface area (Å²) < 4.78 is 37.4. The van der Waals surface area contributed by atoms with Crippen LogP contribution in [-0.4, -0.2) is 60.0 Å². The van der Waals surface area contributed by atoms with E-state index in [2.05, 4.69) is 71.6 Å². The molecule has 9 nitrogen and oxygen atoms in total. The molecule has 12 heteroatoms. The molecule has 0 radical (unpaired) electrons. The van der Waals surface area contributed by atoms with Crippen LogP contribution >= 0.6 is 0 Å². The highest BCUT2D eigenvalue weighted by Crippen LogP contribution is 2.34. The minimum absolute atomic E-state index is 0.160. The number of anilines is 1. The van der Waals surface area contributed by atoms with Gasteiger partial charge in [0.15, 0.2) is 0 Å². The molecule has 0 aliphatic carbocycles. The lowest BCUT2D eigenvalue weighted by molar-refractivity contribution is -0.192. The number of alkyl halides is 3. The molecule has 0 bridgehead atoms. The van der Waals surface area contributed by atoms with Crippen molar-refractivity contribution in [3.05, 3.63) is 86.3 Å². The number of carboxylic acids is 1. The lowest BCUT2D eigenvalue weighted by atomic mass is 9.94. The fourth-order valence-corrected chi connectivity index (χ4v) is 5.52. The van der Waals surface area contributed by atoms with E-state index in [4.69, 9.17) is 14.6 Å². The Labute approximate surface area is 273 Å². The van der Waals surface area contributed by atoms with E-state index in [9.17, 15) is 22.8 Å². The first-order valence-electron chi connectivity index (χ1n) is 15.7. The van der Waals surface area contributed by atoms with Gasteiger partial charge in [-0.3, -0.25) is 9.59 Å². The number of carbonyl (C=O) groups excluding carboxylic acids is 1. The van der Waals surface area contributed by atoms with E-state index in [1.807, 2.05) is 32.9 Å². The molecule has 1 saturated heterocycles.